The van der Waals surface area contributed by atoms with E-state index in [2.05, 4.69) is 47.9 Å². The van der Waals surface area contributed by atoms with Gasteiger partial charge in [-0.1, -0.05) is 36.8 Å². The van der Waals surface area contributed by atoms with E-state index in [4.69, 9.17) is 15.5 Å². The van der Waals surface area contributed by atoms with E-state index in [1.165, 1.54) is 24.0 Å². The number of aryl methyl sites for hydroxylation is 1. The van der Waals surface area contributed by atoms with Gasteiger partial charge in [0, 0.05) is 26.2 Å². The summed E-state index contributed by atoms with van der Waals surface area (Å²) in [5.41, 5.74) is 8.94. The molecule has 0 aliphatic carbocycles. The largest absolute Gasteiger partial charge is 0.379 e. The van der Waals surface area contributed by atoms with Crippen molar-refractivity contribution in [1.82, 2.24) is 9.80 Å². The SMILES string of the molecule is Cc1cccc(C(CN=C(N)N2CCCC(C)C2)N2CCOCC2)c1.I. The second kappa shape index (κ2) is 10.5. The van der Waals surface area contributed by atoms with E-state index in [0.717, 1.165) is 39.4 Å². The molecule has 2 saturated heterocycles. The molecule has 0 aromatic heterocycles. The van der Waals surface area contributed by atoms with E-state index < -0.39 is 0 Å². The van der Waals surface area contributed by atoms with Crippen molar-refractivity contribution in [2.75, 3.05) is 45.9 Å². The summed E-state index contributed by atoms with van der Waals surface area (Å²) in [5, 5.41) is 0. The molecule has 2 fully saturated rings. The topological polar surface area (TPSA) is 54.1 Å². The molecule has 3 rings (SSSR count). The van der Waals surface area contributed by atoms with Crippen LogP contribution in [0.3, 0.4) is 0 Å². The standard InChI is InChI=1S/C20H32N4O.HI/c1-16-5-3-7-18(13-16)19(23-9-11-25-12-10-23)14-22-20(21)24-8-4-6-17(2)15-24;/h3,5,7,13,17,19H,4,6,8-12,14-15H2,1-2H3,(H2,21,22);1H. The monoisotopic (exact) mass is 472 g/mol. The Morgan fingerprint density at radius 2 is 2.08 bits per heavy atom. The number of hydrogen-bond donors (Lipinski definition) is 1. The average molecular weight is 472 g/mol. The fraction of sp³-hybridized carbons (Fsp3) is 0.650. The summed E-state index contributed by atoms with van der Waals surface area (Å²) in [6.07, 6.45) is 2.51. The van der Waals surface area contributed by atoms with Crippen LogP contribution in [0.5, 0.6) is 0 Å². The minimum atomic E-state index is 0. The molecule has 1 aromatic carbocycles. The Hall–Kier alpha value is -0.860. The van der Waals surface area contributed by atoms with Gasteiger partial charge in [0.2, 0.25) is 0 Å². The summed E-state index contributed by atoms with van der Waals surface area (Å²) in [6, 6.07) is 9.03. The predicted molar refractivity (Wildman–Crippen MR) is 118 cm³/mol. The highest BCUT2D eigenvalue weighted by Gasteiger charge is 2.23. The lowest BCUT2D eigenvalue weighted by Crippen LogP contribution is -2.44. The number of ether oxygens (including phenoxy) is 1. The van der Waals surface area contributed by atoms with E-state index in [1.807, 2.05) is 0 Å². The van der Waals surface area contributed by atoms with Crippen molar-refractivity contribution >= 4 is 29.9 Å². The predicted octanol–water partition coefficient (Wildman–Crippen LogP) is 3.03. The van der Waals surface area contributed by atoms with E-state index >= 15 is 0 Å². The normalized spacial score (nSPS) is 23.4. The summed E-state index contributed by atoms with van der Waals surface area (Å²) in [6.45, 7) is 10.7. The molecule has 2 unspecified atom stereocenters. The number of piperidine rings is 1. The first-order chi connectivity index (χ1) is 12.1. The Labute approximate surface area is 175 Å². The molecular formula is C20H33IN4O. The fourth-order valence-electron chi connectivity index (χ4n) is 3.88. The van der Waals surface area contributed by atoms with Crippen LogP contribution in [0.25, 0.3) is 0 Å². The van der Waals surface area contributed by atoms with Crippen molar-refractivity contribution in [2.24, 2.45) is 16.6 Å². The number of nitrogens with zero attached hydrogens (tertiary/aromatic N) is 3. The highest BCUT2D eigenvalue weighted by molar-refractivity contribution is 14.0. The first kappa shape index (κ1) is 21.4. The molecule has 2 heterocycles. The number of guanidine groups is 1. The van der Waals surface area contributed by atoms with Gasteiger partial charge in [-0.3, -0.25) is 9.89 Å². The number of likely N-dealkylation sites (tertiary alicyclic amines) is 1. The first-order valence-electron chi connectivity index (χ1n) is 9.56. The smallest absolute Gasteiger partial charge is 0.191 e. The Morgan fingerprint density at radius 3 is 2.77 bits per heavy atom. The van der Waals surface area contributed by atoms with Crippen LogP contribution >= 0.6 is 24.0 Å². The fourth-order valence-corrected chi connectivity index (χ4v) is 3.88. The number of hydrogen-bond acceptors (Lipinski definition) is 3. The number of morpholine rings is 1. The van der Waals surface area contributed by atoms with Gasteiger partial charge in [-0.05, 0) is 31.2 Å². The molecule has 0 amide bonds. The Morgan fingerprint density at radius 1 is 1.31 bits per heavy atom. The second-order valence-corrected chi connectivity index (χ2v) is 7.47. The summed E-state index contributed by atoms with van der Waals surface area (Å²) < 4.78 is 5.53. The van der Waals surface area contributed by atoms with E-state index in [1.54, 1.807) is 0 Å². The number of rotatable bonds is 4. The van der Waals surface area contributed by atoms with Crippen molar-refractivity contribution in [3.05, 3.63) is 35.4 Å². The zero-order valence-electron chi connectivity index (χ0n) is 16.1. The highest BCUT2D eigenvalue weighted by atomic mass is 127. The van der Waals surface area contributed by atoms with E-state index in [9.17, 15) is 0 Å². The molecule has 146 valence electrons. The van der Waals surface area contributed by atoms with Crippen LogP contribution in [0.2, 0.25) is 0 Å². The Balaban J connectivity index is 0.00000243. The third-order valence-corrected chi connectivity index (χ3v) is 5.32. The van der Waals surface area contributed by atoms with Crippen LogP contribution in [0.4, 0.5) is 0 Å². The van der Waals surface area contributed by atoms with Gasteiger partial charge in [0.15, 0.2) is 5.96 Å². The van der Waals surface area contributed by atoms with Crippen molar-refractivity contribution in [2.45, 2.75) is 32.7 Å². The molecule has 2 aliphatic rings. The van der Waals surface area contributed by atoms with E-state index in [0.29, 0.717) is 18.4 Å². The van der Waals surface area contributed by atoms with Crippen molar-refractivity contribution in [1.29, 1.82) is 0 Å². The van der Waals surface area contributed by atoms with Crippen molar-refractivity contribution < 1.29 is 4.74 Å². The van der Waals surface area contributed by atoms with Crippen LogP contribution in [0, 0.1) is 12.8 Å². The Kier molecular flexibility index (Phi) is 8.63. The van der Waals surface area contributed by atoms with Crippen LogP contribution in [-0.4, -0.2) is 61.7 Å². The third-order valence-electron chi connectivity index (χ3n) is 5.32. The van der Waals surface area contributed by atoms with Crippen molar-refractivity contribution in [3.8, 4) is 0 Å². The van der Waals surface area contributed by atoms with Crippen LogP contribution in [0.15, 0.2) is 29.3 Å². The maximum atomic E-state index is 6.33. The van der Waals surface area contributed by atoms with Gasteiger partial charge in [-0.2, -0.15) is 0 Å². The van der Waals surface area contributed by atoms with Gasteiger partial charge in [0.1, 0.15) is 0 Å². The molecule has 2 aliphatic heterocycles. The maximum absolute atomic E-state index is 6.33. The quantitative estimate of drug-likeness (QED) is 0.416. The summed E-state index contributed by atoms with van der Waals surface area (Å²) in [4.78, 5) is 9.53. The van der Waals surface area contributed by atoms with Gasteiger partial charge in [-0.15, -0.1) is 24.0 Å². The molecule has 2 atom stereocenters. The number of halogens is 1. The molecule has 26 heavy (non-hydrogen) atoms. The van der Waals surface area contributed by atoms with Gasteiger partial charge in [-0.25, -0.2) is 0 Å². The minimum absolute atomic E-state index is 0. The molecule has 0 spiro atoms. The van der Waals surface area contributed by atoms with Gasteiger partial charge < -0.3 is 15.4 Å². The van der Waals surface area contributed by atoms with E-state index in [-0.39, 0.29) is 30.0 Å². The molecule has 5 nitrogen and oxygen atoms in total. The lowest BCUT2D eigenvalue weighted by molar-refractivity contribution is 0.0179. The first-order valence-corrected chi connectivity index (χ1v) is 9.56. The zero-order chi connectivity index (χ0) is 17.6. The Bertz CT molecular complexity index is 589. The summed E-state index contributed by atoms with van der Waals surface area (Å²) in [7, 11) is 0. The second-order valence-electron chi connectivity index (χ2n) is 7.47. The molecule has 2 N–H and O–H groups in total. The van der Waals surface area contributed by atoms with Crippen LogP contribution < -0.4 is 5.73 Å². The highest BCUT2D eigenvalue weighted by Crippen LogP contribution is 2.23. The lowest BCUT2D eigenvalue weighted by Gasteiger charge is -2.35. The third kappa shape index (κ3) is 5.82. The number of benzene rings is 1. The molecule has 0 radical (unpaired) electrons. The van der Waals surface area contributed by atoms with Crippen LogP contribution in [-0.2, 0) is 4.74 Å². The summed E-state index contributed by atoms with van der Waals surface area (Å²) >= 11 is 0. The maximum Gasteiger partial charge on any atom is 0.191 e. The zero-order valence-corrected chi connectivity index (χ0v) is 18.4. The molecule has 1 aromatic rings. The number of aliphatic imine (C=N–C) groups is 1. The molecule has 0 saturated carbocycles. The lowest BCUT2D eigenvalue weighted by atomic mass is 10.0. The van der Waals surface area contributed by atoms with Gasteiger partial charge >= 0.3 is 0 Å². The van der Waals surface area contributed by atoms with Crippen LogP contribution in [0.1, 0.15) is 36.9 Å². The summed E-state index contributed by atoms with van der Waals surface area (Å²) in [5.74, 6) is 1.41. The molecule has 0 bridgehead atoms. The van der Waals surface area contributed by atoms with Gasteiger partial charge in [0.05, 0.1) is 25.8 Å². The number of nitrogens with two attached hydrogens (primary N) is 1. The molecular weight excluding hydrogens is 439 g/mol. The van der Waals surface area contributed by atoms with Gasteiger partial charge in [0.25, 0.3) is 0 Å². The average Bonchev–Trinajstić information content (AvgIpc) is 2.63. The molecule has 6 heteroatoms. The minimum Gasteiger partial charge on any atom is -0.379 e. The van der Waals surface area contributed by atoms with Crippen molar-refractivity contribution in [3.63, 3.8) is 0 Å².